The molecule has 0 saturated heterocycles. The minimum atomic E-state index is -4.38. The summed E-state index contributed by atoms with van der Waals surface area (Å²) in [6.07, 6.45) is -0.376. The Balaban J connectivity index is 0.000000498. The molecule has 0 radical (unpaired) electrons. The number of rotatable bonds is 29. The summed E-state index contributed by atoms with van der Waals surface area (Å²) < 4.78 is 182. The predicted molar refractivity (Wildman–Crippen MR) is 481 cm³/mol. The molecule has 0 spiro atoms. The van der Waals surface area contributed by atoms with Crippen LogP contribution >= 0.6 is 158 Å². The third-order valence-corrected chi connectivity index (χ3v) is 22.9. The molecule has 8 N–H and O–H groups in total. The van der Waals surface area contributed by atoms with Gasteiger partial charge in [-0.25, -0.2) is 56.5 Å². The van der Waals surface area contributed by atoms with Crippen molar-refractivity contribution < 1.29 is 132 Å². The van der Waals surface area contributed by atoms with E-state index in [1.165, 1.54) is 79.4 Å². The summed E-state index contributed by atoms with van der Waals surface area (Å²) in [7, 11) is -20.3. The maximum Gasteiger partial charge on any atom is 0.414 e. The third kappa shape index (κ3) is 45.9. The van der Waals surface area contributed by atoms with Gasteiger partial charge in [0.05, 0.1) is 115 Å². The van der Waals surface area contributed by atoms with Gasteiger partial charge in [-0.1, -0.05) is 43.0 Å². The van der Waals surface area contributed by atoms with Gasteiger partial charge >= 0.3 is 24.2 Å². The van der Waals surface area contributed by atoms with Crippen molar-refractivity contribution in [3.8, 4) is 5.75 Å². The largest absolute Gasteiger partial charge is 0.748 e. The number of benzene rings is 6. The molecule has 0 heterocycles. The van der Waals surface area contributed by atoms with E-state index in [9.17, 15) is 113 Å². The average molecular weight is 2520 g/mol. The molecule has 0 atom stereocenters. The fourth-order valence-corrected chi connectivity index (χ4v) is 16.4. The number of nitrogens with one attached hydrogen (secondary N) is 8. The van der Waals surface area contributed by atoms with Gasteiger partial charge in [0.1, 0.15) is 24.6 Å². The highest BCUT2D eigenvalue weighted by Gasteiger charge is 2.24. The number of nitrogens with zero attached hydrogens (tertiary/aromatic N) is 1. The zero-order valence-corrected chi connectivity index (χ0v) is 80.8. The molecule has 0 fully saturated rings. The maximum atomic E-state index is 12.2. The lowest BCUT2D eigenvalue weighted by Gasteiger charge is -2.25. The van der Waals surface area contributed by atoms with E-state index in [0.717, 1.165) is 9.13 Å². The standard InChI is InChI=1S/C17H17IN2O6S.C15H21IN2O6S.C13H15IN2O6S.C11H11I3N2O5S.C11H12INO6S/c18-14-10-13(16(21)19-8-9-27(23,24)25)6-7-15(14)20-17(22)26-11-12-4-2-1-3-5-12;1-15(2,3)24-14(20)18(4)12-6-5-10(9-11(12)16)13(19)17-7-8-25(21,22)23;1-2-6-22-13(18)16-11-4-3-9(8-10(11)14)12(17)15-5-7-23(19,20)21;1-5(17)16-10-7(13)4-6(12)8(9(10)14)11(18)15-2-3-22(19,20)21;1-7(14)19-10-6-8(2-3-9(10)12)11(15)13-4-5-20(16,17)18/h1-7,10H,8-9,11H2,(H,19,21)(H,20,22)(H,23,24,25);5-6,9H,7-8H2,1-4H3,(H,17,19)(H,21,22,23);2-4,8H,1,5-7H2,(H,15,17)(H,16,18)(H,19,20,21);4H,2-3H2,1H3,(H,15,18)(H,16,17)(H,19,20,21);2-3,6H,4-5H2,1H3,(H,13,15)(H,16,17,18)/p-5. The van der Waals surface area contributed by atoms with Crippen molar-refractivity contribution in [2.75, 3.05) is 96.0 Å². The smallest absolute Gasteiger partial charge is 0.414 e. The molecule has 0 saturated carbocycles. The van der Waals surface area contributed by atoms with Gasteiger partial charge in [0.25, 0.3) is 29.5 Å². The van der Waals surface area contributed by atoms with Crippen molar-refractivity contribution >= 4 is 291 Å². The van der Waals surface area contributed by atoms with Crippen LogP contribution in [0.15, 0.2) is 122 Å². The van der Waals surface area contributed by atoms with Gasteiger partial charge < -0.3 is 73.6 Å². The molecule has 0 bridgehead atoms. The second kappa shape index (κ2) is 50.9. The number of carbonyl (C=O) groups is 10. The zero-order valence-electron chi connectivity index (χ0n) is 61.6. The van der Waals surface area contributed by atoms with Gasteiger partial charge in [-0.15, -0.1) is 0 Å². The van der Waals surface area contributed by atoms with Crippen LogP contribution in [0.1, 0.15) is 92.0 Å². The Morgan fingerprint density at radius 2 is 0.829 bits per heavy atom. The van der Waals surface area contributed by atoms with Crippen LogP contribution in [0, 0.1) is 25.0 Å². The lowest BCUT2D eigenvalue weighted by Crippen LogP contribution is -2.34. The SMILES string of the molecule is C=CCOC(=O)Nc1ccc(C(=O)NCCS(=O)(=O)[O-])cc1I.CC(=O)Nc1c(I)cc(I)c(C(=O)NCCS(=O)(=O)[O-])c1I.CC(=O)Oc1cc(C(=O)NCCS(=O)(=O)[O-])ccc1I.CN(C(=O)OC(C)(C)C)c1ccc(C(=O)NCCS(=O)(=O)[O-])cc1I.O=C(Nc1ccc(C(=O)NCCS(=O)(=O)[O-])cc1I)OCc1ccccc1. The summed E-state index contributed by atoms with van der Waals surface area (Å²) in [4.78, 5) is 119. The topological polar surface area (TPSA) is 593 Å². The number of ether oxygens (including phenoxy) is 4. The molecular formula is C67H71I7N9O29S5-5. The number of anilines is 4. The first-order valence-corrected chi connectivity index (χ1v) is 47.8. The molecule has 0 aliphatic carbocycles. The van der Waals surface area contributed by atoms with Gasteiger partial charge in [0.15, 0.2) is 0 Å². The molecule has 6 aromatic carbocycles. The molecule has 0 aliphatic heterocycles. The van der Waals surface area contributed by atoms with E-state index in [1.807, 2.05) is 188 Å². The first kappa shape index (κ1) is 107. The normalized spacial score (nSPS) is 11.1. The molecular weight excluding hydrogens is 2440 g/mol. The average Bonchev–Trinajstić information content (AvgIpc) is 0.798. The predicted octanol–water partition coefficient (Wildman–Crippen LogP) is 7.78. The minimum Gasteiger partial charge on any atom is -0.748 e. The maximum absolute atomic E-state index is 12.2. The molecule has 0 aliphatic rings. The summed E-state index contributed by atoms with van der Waals surface area (Å²) in [6.45, 7) is 10.2. The second-order valence-electron chi connectivity index (χ2n) is 23.7. The Kier molecular flexibility index (Phi) is 46.5. The number of esters is 1. The zero-order chi connectivity index (χ0) is 89.1. The van der Waals surface area contributed by atoms with Crippen LogP contribution in [-0.2, 0) is 81.0 Å². The second-order valence-corrected chi connectivity index (χ2v) is 39.4. The van der Waals surface area contributed by atoms with E-state index in [1.54, 1.807) is 52.1 Å². The molecule has 0 unspecified atom stereocenters. The summed E-state index contributed by atoms with van der Waals surface area (Å²) in [6, 6.07) is 29.0. The summed E-state index contributed by atoms with van der Waals surface area (Å²) in [5.74, 6) is -6.52. The van der Waals surface area contributed by atoms with Gasteiger partial charge in [-0.3, -0.25) is 49.1 Å². The van der Waals surface area contributed by atoms with E-state index >= 15 is 0 Å². The highest BCUT2D eigenvalue weighted by molar-refractivity contribution is 14.1. The molecule has 6 aromatic rings. The quantitative estimate of drug-likeness (QED) is 0.00554. The fraction of sp³-hybridized carbons (Fsp3) is 0.284. The number of amides is 9. The Morgan fingerprint density at radius 3 is 1.20 bits per heavy atom. The molecule has 9 amide bonds. The van der Waals surface area contributed by atoms with E-state index in [-0.39, 0.29) is 79.8 Å². The highest BCUT2D eigenvalue weighted by atomic mass is 127. The third-order valence-electron chi connectivity index (χ3n) is 13.1. The molecule has 0 aromatic heterocycles. The van der Waals surface area contributed by atoms with Crippen LogP contribution in [0.5, 0.6) is 5.75 Å². The van der Waals surface area contributed by atoms with E-state index in [0.29, 0.717) is 49.7 Å². The lowest BCUT2D eigenvalue weighted by molar-refractivity contribution is -0.132. The molecule has 6 rings (SSSR count). The Hall–Kier alpha value is -6.18. The van der Waals surface area contributed by atoms with E-state index in [4.69, 9.17) is 18.9 Å². The van der Waals surface area contributed by atoms with Crippen molar-refractivity contribution in [3.05, 3.63) is 180 Å². The Morgan fingerprint density at radius 1 is 0.453 bits per heavy atom. The van der Waals surface area contributed by atoms with Crippen LogP contribution in [-0.4, -0.2) is 205 Å². The van der Waals surface area contributed by atoms with Crippen LogP contribution in [0.25, 0.3) is 0 Å². The fourth-order valence-electron chi connectivity index (χ4n) is 7.93. The van der Waals surface area contributed by atoms with Crippen LogP contribution in [0.2, 0.25) is 0 Å². The summed E-state index contributed by atoms with van der Waals surface area (Å²) in [5, 5.41) is 19.5. The Labute approximate surface area is 769 Å². The monoisotopic (exact) mass is 2510 g/mol. The Bertz CT molecular complexity index is 5210. The van der Waals surface area contributed by atoms with Crippen molar-refractivity contribution in [1.29, 1.82) is 0 Å². The van der Waals surface area contributed by atoms with Crippen LogP contribution < -0.4 is 52.2 Å². The highest BCUT2D eigenvalue weighted by Crippen LogP contribution is 2.32. The van der Waals surface area contributed by atoms with Crippen molar-refractivity contribution in [2.45, 2.75) is 46.8 Å². The molecule has 642 valence electrons. The van der Waals surface area contributed by atoms with E-state index < -0.39 is 139 Å². The summed E-state index contributed by atoms with van der Waals surface area (Å²) in [5.41, 5.74) is 3.59. The number of halogens is 7. The molecule has 38 nitrogen and oxygen atoms in total. The summed E-state index contributed by atoms with van der Waals surface area (Å²) >= 11 is 13.8. The molecule has 117 heavy (non-hydrogen) atoms. The van der Waals surface area contributed by atoms with Crippen molar-refractivity contribution in [2.24, 2.45) is 0 Å². The molecule has 50 heteroatoms. The number of hydrogen-bond acceptors (Lipinski definition) is 29. The van der Waals surface area contributed by atoms with Gasteiger partial charge in [-0.2, -0.15) is 0 Å². The lowest BCUT2D eigenvalue weighted by atomic mass is 10.2. The number of carbonyl (C=O) groups excluding carboxylic acids is 10. The van der Waals surface area contributed by atoms with Gasteiger partial charge in [-0.05, 0) is 263 Å². The van der Waals surface area contributed by atoms with E-state index in [2.05, 4.69) is 49.1 Å². The van der Waals surface area contributed by atoms with Crippen LogP contribution in [0.3, 0.4) is 0 Å². The minimum absolute atomic E-state index is 0.0749. The number of hydrogen-bond donors (Lipinski definition) is 8. The van der Waals surface area contributed by atoms with Gasteiger partial charge in [0.2, 0.25) is 5.91 Å². The van der Waals surface area contributed by atoms with Crippen molar-refractivity contribution in [1.82, 2.24) is 26.6 Å². The van der Waals surface area contributed by atoms with Crippen LogP contribution in [0.4, 0.5) is 37.1 Å². The van der Waals surface area contributed by atoms with Gasteiger partial charge in [0, 0.05) is 93.7 Å². The first-order valence-electron chi connectivity index (χ1n) is 32.4. The first-order chi connectivity index (χ1) is 54.0. The van der Waals surface area contributed by atoms with Crippen molar-refractivity contribution in [3.63, 3.8) is 0 Å².